The summed E-state index contributed by atoms with van der Waals surface area (Å²) >= 11 is 0. The molecule has 0 atom stereocenters. The molecule has 8 N–H and O–H groups in total. The molecule has 0 saturated heterocycles. The van der Waals surface area contributed by atoms with Crippen LogP contribution < -0.4 is 5.32 Å². The molecule has 0 aliphatic rings. The first-order chi connectivity index (χ1) is 8.02. The van der Waals surface area contributed by atoms with Gasteiger partial charge in [-0.1, -0.05) is 0 Å². The van der Waals surface area contributed by atoms with Gasteiger partial charge < -0.3 is 40.2 Å². The second kappa shape index (κ2) is 6.53. The molecular weight excluding hydrogens is 292 g/mol. The van der Waals surface area contributed by atoms with Crippen molar-refractivity contribution in [3.63, 3.8) is 0 Å². The Kier molecular flexibility index (Phi) is 6.59. The van der Waals surface area contributed by atoms with Gasteiger partial charge in [0.2, 0.25) is 0 Å². The number of hydrogen-bond acceptors (Lipinski definition) is 6. The van der Waals surface area contributed by atoms with Crippen LogP contribution in [-0.2, 0) is 9.13 Å². The summed E-state index contributed by atoms with van der Waals surface area (Å²) in [4.78, 5) is 35.3. The zero-order valence-electron chi connectivity index (χ0n) is 9.25. The summed E-state index contributed by atoms with van der Waals surface area (Å²) in [6.07, 6.45) is 0. The maximum atomic E-state index is 10.9. The molecule has 10 nitrogen and oxygen atoms in total. The molecule has 0 aromatic heterocycles. The van der Waals surface area contributed by atoms with Crippen molar-refractivity contribution >= 4 is 15.2 Å². The van der Waals surface area contributed by atoms with Crippen LogP contribution in [0.3, 0.4) is 0 Å². The van der Waals surface area contributed by atoms with Crippen LogP contribution in [0.15, 0.2) is 0 Å². The Hall–Kier alpha value is 0.140. The highest BCUT2D eigenvalue weighted by Crippen LogP contribution is 2.59. The molecule has 0 aliphatic carbocycles. The fourth-order valence-electron chi connectivity index (χ4n) is 1.06. The Balaban J connectivity index is 4.94. The second-order valence-corrected chi connectivity index (χ2v) is 7.80. The lowest BCUT2D eigenvalue weighted by Gasteiger charge is -2.31. The fraction of sp³-hybridized carbons (Fsp3) is 1.00. The molecule has 0 heterocycles. The van der Waals surface area contributed by atoms with E-state index in [4.69, 9.17) is 34.9 Å². The molecule has 0 unspecified atom stereocenters. The van der Waals surface area contributed by atoms with E-state index >= 15 is 0 Å². The van der Waals surface area contributed by atoms with E-state index in [1.54, 1.807) is 0 Å². The Morgan fingerprint density at radius 3 is 1.44 bits per heavy atom. The predicted molar refractivity (Wildman–Crippen MR) is 59.9 cm³/mol. The molecule has 110 valence electrons. The lowest BCUT2D eigenvalue weighted by Crippen LogP contribution is -2.56. The zero-order valence-corrected chi connectivity index (χ0v) is 11.0. The van der Waals surface area contributed by atoms with Gasteiger partial charge in [-0.3, -0.25) is 9.13 Å². The van der Waals surface area contributed by atoms with Gasteiger partial charge in [-0.2, -0.15) is 0 Å². The van der Waals surface area contributed by atoms with Crippen molar-refractivity contribution in [1.82, 2.24) is 5.32 Å². The minimum absolute atomic E-state index is 0.783. The third-order valence-electron chi connectivity index (χ3n) is 2.34. The Labute approximate surface area is 103 Å². The monoisotopic (exact) mass is 309 g/mol. The third-order valence-corrected chi connectivity index (χ3v) is 6.07. The van der Waals surface area contributed by atoms with Crippen LogP contribution in [0.25, 0.3) is 0 Å². The highest BCUT2D eigenvalue weighted by molar-refractivity contribution is 7.70. The van der Waals surface area contributed by atoms with Gasteiger partial charge in [-0.25, -0.2) is 0 Å². The first-order valence-electron chi connectivity index (χ1n) is 4.70. The van der Waals surface area contributed by atoms with Crippen molar-refractivity contribution < 1.29 is 44.0 Å². The van der Waals surface area contributed by atoms with Gasteiger partial charge in [0, 0.05) is 6.54 Å². The molecule has 0 radical (unpaired) electrons. The minimum Gasteiger partial charge on any atom is -0.394 e. The molecule has 0 bridgehead atoms. The molecule has 0 aliphatic heterocycles. The van der Waals surface area contributed by atoms with Crippen LogP contribution in [0.2, 0.25) is 0 Å². The molecule has 0 rings (SSSR count). The maximum absolute atomic E-state index is 10.9. The first kappa shape index (κ1) is 18.1. The second-order valence-electron chi connectivity index (χ2n) is 3.79. The van der Waals surface area contributed by atoms with E-state index in [2.05, 4.69) is 5.32 Å². The zero-order chi connectivity index (χ0) is 14.6. The molecule has 0 aromatic carbocycles. The van der Waals surface area contributed by atoms with E-state index in [0.29, 0.717) is 0 Å². The SMILES string of the molecule is O=P(O)(O)C(CNC(CO)(CO)CO)P(=O)(O)O. The van der Waals surface area contributed by atoms with Crippen LogP contribution in [0, 0.1) is 0 Å². The van der Waals surface area contributed by atoms with Crippen molar-refractivity contribution in [2.75, 3.05) is 26.4 Å². The van der Waals surface area contributed by atoms with Gasteiger partial charge in [0.15, 0.2) is 5.40 Å². The average molecular weight is 309 g/mol. The van der Waals surface area contributed by atoms with Gasteiger partial charge in [0.05, 0.1) is 25.4 Å². The Morgan fingerprint density at radius 2 is 1.22 bits per heavy atom. The largest absolute Gasteiger partial charge is 0.394 e. The topological polar surface area (TPSA) is 188 Å². The molecular formula is C6H17NO9P2. The van der Waals surface area contributed by atoms with Gasteiger partial charge in [-0.05, 0) is 0 Å². The van der Waals surface area contributed by atoms with E-state index in [9.17, 15) is 9.13 Å². The molecule has 0 saturated carbocycles. The summed E-state index contributed by atoms with van der Waals surface area (Å²) in [5.41, 5.74) is -1.68. The van der Waals surface area contributed by atoms with Crippen molar-refractivity contribution in [1.29, 1.82) is 0 Å². The Morgan fingerprint density at radius 1 is 0.889 bits per heavy atom. The summed E-state index contributed by atoms with van der Waals surface area (Å²) in [5, 5.41) is 26.6. The lowest BCUT2D eigenvalue weighted by atomic mass is 10.0. The van der Waals surface area contributed by atoms with E-state index in [-0.39, 0.29) is 0 Å². The summed E-state index contributed by atoms with van der Waals surface area (Å²) in [7, 11) is -10.2. The number of rotatable bonds is 8. The third kappa shape index (κ3) is 5.02. The molecule has 0 amide bonds. The first-order valence-corrected chi connectivity index (χ1v) is 8.07. The number of aliphatic hydroxyl groups excluding tert-OH is 3. The maximum Gasteiger partial charge on any atom is 0.342 e. The molecule has 0 spiro atoms. The van der Waals surface area contributed by atoms with Crippen LogP contribution in [-0.4, -0.2) is 72.2 Å². The van der Waals surface area contributed by atoms with Crippen molar-refractivity contribution in [3.8, 4) is 0 Å². The average Bonchev–Trinajstić information content (AvgIpc) is 2.21. The Bertz CT molecular complexity index is 315. The lowest BCUT2D eigenvalue weighted by molar-refractivity contribution is 0.0430. The standard InChI is InChI=1S/C6H17NO9P2/c8-2-6(3-9,4-10)7-1-5(17(11,12)13)18(14,15)16/h5,7-10H,1-4H2,(H2,11,12,13)(H2,14,15,16). The highest BCUT2D eigenvalue weighted by atomic mass is 31.2. The van der Waals surface area contributed by atoms with E-state index in [1.807, 2.05) is 0 Å². The quantitative estimate of drug-likeness (QED) is 0.214. The van der Waals surface area contributed by atoms with Crippen LogP contribution >= 0.6 is 15.2 Å². The smallest absolute Gasteiger partial charge is 0.342 e. The summed E-state index contributed by atoms with van der Waals surface area (Å²) in [6, 6.07) is 0. The fourth-order valence-corrected chi connectivity index (χ4v) is 3.29. The molecule has 12 heteroatoms. The van der Waals surface area contributed by atoms with Crippen molar-refractivity contribution in [2.24, 2.45) is 0 Å². The number of aliphatic hydroxyl groups is 3. The van der Waals surface area contributed by atoms with Crippen molar-refractivity contribution in [3.05, 3.63) is 0 Å². The predicted octanol–water partition coefficient (Wildman–Crippen LogP) is -3.03. The van der Waals surface area contributed by atoms with Crippen LogP contribution in [0.4, 0.5) is 0 Å². The molecule has 0 aromatic rings. The van der Waals surface area contributed by atoms with E-state index in [1.165, 1.54) is 0 Å². The summed E-state index contributed by atoms with van der Waals surface area (Å²) in [5.74, 6) is 0. The van der Waals surface area contributed by atoms with Crippen LogP contribution in [0.1, 0.15) is 0 Å². The van der Waals surface area contributed by atoms with Crippen molar-refractivity contribution in [2.45, 2.75) is 10.9 Å². The van der Waals surface area contributed by atoms with E-state index < -0.39 is 52.5 Å². The van der Waals surface area contributed by atoms with Gasteiger partial charge in [0.1, 0.15) is 0 Å². The van der Waals surface area contributed by atoms with Gasteiger partial charge in [-0.15, -0.1) is 0 Å². The van der Waals surface area contributed by atoms with E-state index in [0.717, 1.165) is 0 Å². The number of nitrogens with one attached hydrogen (secondary N) is 1. The summed E-state index contributed by atoms with van der Waals surface area (Å²) < 4.78 is 21.9. The van der Waals surface area contributed by atoms with Gasteiger partial charge in [0.25, 0.3) is 0 Å². The summed E-state index contributed by atoms with van der Waals surface area (Å²) in [6.45, 7) is -3.23. The highest BCUT2D eigenvalue weighted by Gasteiger charge is 2.44. The minimum atomic E-state index is -5.09. The van der Waals surface area contributed by atoms with Gasteiger partial charge >= 0.3 is 15.2 Å². The molecule has 0 fully saturated rings. The molecule has 18 heavy (non-hydrogen) atoms. The normalized spacial score (nSPS) is 14.2. The number of hydrogen-bond donors (Lipinski definition) is 8. The van der Waals surface area contributed by atoms with Crippen LogP contribution in [0.5, 0.6) is 0 Å².